The van der Waals surface area contributed by atoms with Crippen LogP contribution in [0.4, 0.5) is 4.39 Å². The van der Waals surface area contributed by atoms with Gasteiger partial charge < -0.3 is 10.2 Å². The molecule has 0 radical (unpaired) electrons. The molecule has 0 aliphatic rings. The van der Waals surface area contributed by atoms with Crippen molar-refractivity contribution in [3.8, 4) is 0 Å². The van der Waals surface area contributed by atoms with Gasteiger partial charge in [0.25, 0.3) is 0 Å². The molecule has 3 nitrogen and oxygen atoms in total. The van der Waals surface area contributed by atoms with E-state index in [9.17, 15) is 9.18 Å². The number of benzene rings is 1. The van der Waals surface area contributed by atoms with Crippen molar-refractivity contribution in [3.05, 3.63) is 41.7 Å². The predicted molar refractivity (Wildman–Crippen MR) is 76.2 cm³/mol. The fourth-order valence-corrected chi connectivity index (χ4v) is 1.27. The lowest BCUT2D eigenvalue weighted by Gasteiger charge is -2.32. The summed E-state index contributed by atoms with van der Waals surface area (Å²) in [5, 5.41) is 2.84. The average Bonchev–Trinajstić information content (AvgIpc) is 2.35. The molecule has 0 heterocycles. The van der Waals surface area contributed by atoms with Gasteiger partial charge >= 0.3 is 0 Å². The van der Waals surface area contributed by atoms with Crippen LogP contribution in [0.2, 0.25) is 0 Å². The minimum absolute atomic E-state index is 0.0978. The normalized spacial score (nSPS) is 12.1. The Kier molecular flexibility index (Phi) is 5.24. The SMILES string of the molecule is CN(C)C(C)(C)CNC(=O)C=Cc1ccc(F)cc1. The summed E-state index contributed by atoms with van der Waals surface area (Å²) >= 11 is 0. The van der Waals surface area contributed by atoms with Gasteiger partial charge in [0.15, 0.2) is 0 Å². The van der Waals surface area contributed by atoms with E-state index >= 15 is 0 Å². The van der Waals surface area contributed by atoms with Crippen molar-refractivity contribution >= 4 is 12.0 Å². The highest BCUT2D eigenvalue weighted by atomic mass is 19.1. The van der Waals surface area contributed by atoms with Crippen molar-refractivity contribution < 1.29 is 9.18 Å². The first-order chi connectivity index (χ1) is 8.81. The van der Waals surface area contributed by atoms with Crippen LogP contribution in [0.3, 0.4) is 0 Å². The van der Waals surface area contributed by atoms with Gasteiger partial charge in [-0.1, -0.05) is 12.1 Å². The van der Waals surface area contributed by atoms with Crippen LogP contribution in [0, 0.1) is 5.82 Å². The van der Waals surface area contributed by atoms with Gasteiger partial charge in [0, 0.05) is 18.2 Å². The van der Waals surface area contributed by atoms with Crippen LogP contribution in [0.1, 0.15) is 19.4 Å². The van der Waals surface area contributed by atoms with Gasteiger partial charge in [-0.15, -0.1) is 0 Å². The van der Waals surface area contributed by atoms with Crippen LogP contribution in [0.15, 0.2) is 30.3 Å². The summed E-state index contributed by atoms with van der Waals surface area (Å²) in [7, 11) is 3.95. The predicted octanol–water partition coefficient (Wildman–Crippen LogP) is 2.30. The Morgan fingerprint density at radius 3 is 2.42 bits per heavy atom. The summed E-state index contributed by atoms with van der Waals surface area (Å²) in [6, 6.07) is 5.99. The smallest absolute Gasteiger partial charge is 0.244 e. The number of carbonyl (C=O) groups excluding carboxylic acids is 1. The molecule has 0 aliphatic carbocycles. The number of hydrogen-bond acceptors (Lipinski definition) is 2. The van der Waals surface area contributed by atoms with Gasteiger partial charge in [-0.2, -0.15) is 0 Å². The van der Waals surface area contributed by atoms with E-state index in [1.165, 1.54) is 18.2 Å². The van der Waals surface area contributed by atoms with E-state index in [4.69, 9.17) is 0 Å². The molecule has 19 heavy (non-hydrogen) atoms. The standard InChI is InChI=1S/C15H21FN2O/c1-15(2,18(3)4)11-17-14(19)10-7-12-5-8-13(16)9-6-12/h5-10H,11H2,1-4H3,(H,17,19). The number of hydrogen-bond donors (Lipinski definition) is 1. The Morgan fingerprint density at radius 2 is 1.89 bits per heavy atom. The largest absolute Gasteiger partial charge is 0.351 e. The molecular formula is C15H21FN2O. The van der Waals surface area contributed by atoms with Crippen LogP contribution >= 0.6 is 0 Å². The number of amides is 1. The Morgan fingerprint density at radius 1 is 1.32 bits per heavy atom. The molecule has 104 valence electrons. The molecule has 0 saturated carbocycles. The van der Waals surface area contributed by atoms with E-state index in [2.05, 4.69) is 24.1 Å². The minimum atomic E-state index is -0.283. The highest BCUT2D eigenvalue weighted by molar-refractivity contribution is 5.91. The van der Waals surface area contributed by atoms with Crippen molar-refractivity contribution in [2.45, 2.75) is 19.4 Å². The summed E-state index contributed by atoms with van der Waals surface area (Å²) in [5.74, 6) is -0.436. The van der Waals surface area contributed by atoms with Crippen molar-refractivity contribution in [2.75, 3.05) is 20.6 Å². The second kappa shape index (κ2) is 6.48. The third-order valence-electron chi connectivity index (χ3n) is 3.20. The minimum Gasteiger partial charge on any atom is -0.351 e. The van der Waals surface area contributed by atoms with E-state index < -0.39 is 0 Å². The maximum Gasteiger partial charge on any atom is 0.244 e. The maximum atomic E-state index is 12.7. The molecule has 0 aromatic heterocycles. The third kappa shape index (κ3) is 5.22. The molecule has 0 aliphatic heterocycles. The second-order valence-electron chi connectivity index (χ2n) is 5.31. The topological polar surface area (TPSA) is 32.3 Å². The molecule has 1 aromatic carbocycles. The van der Waals surface area contributed by atoms with Gasteiger partial charge in [-0.25, -0.2) is 4.39 Å². The molecule has 1 amide bonds. The highest BCUT2D eigenvalue weighted by Crippen LogP contribution is 2.08. The fourth-order valence-electron chi connectivity index (χ4n) is 1.27. The Hall–Kier alpha value is -1.68. The fraction of sp³-hybridized carbons (Fsp3) is 0.400. The molecule has 0 unspecified atom stereocenters. The second-order valence-corrected chi connectivity index (χ2v) is 5.31. The lowest BCUT2D eigenvalue weighted by Crippen LogP contribution is -2.47. The van der Waals surface area contributed by atoms with E-state index in [0.29, 0.717) is 6.54 Å². The summed E-state index contributed by atoms with van der Waals surface area (Å²) < 4.78 is 12.7. The molecule has 0 fully saturated rings. The summed E-state index contributed by atoms with van der Waals surface area (Å²) in [4.78, 5) is 13.7. The first-order valence-corrected chi connectivity index (χ1v) is 6.20. The van der Waals surface area contributed by atoms with Crippen molar-refractivity contribution in [1.29, 1.82) is 0 Å². The van der Waals surface area contributed by atoms with Crippen LogP contribution in [-0.4, -0.2) is 37.0 Å². The number of likely N-dealkylation sites (N-methyl/N-ethyl adjacent to an activating group) is 1. The average molecular weight is 264 g/mol. The zero-order valence-corrected chi connectivity index (χ0v) is 11.9. The van der Waals surface area contributed by atoms with Crippen molar-refractivity contribution in [1.82, 2.24) is 10.2 Å². The Balaban J connectivity index is 2.50. The summed E-state index contributed by atoms with van der Waals surface area (Å²) in [6.45, 7) is 4.67. The van der Waals surface area contributed by atoms with Gasteiger partial charge in [-0.3, -0.25) is 4.79 Å². The molecular weight excluding hydrogens is 243 g/mol. The summed E-state index contributed by atoms with van der Waals surface area (Å²) in [6.07, 6.45) is 3.12. The highest BCUT2D eigenvalue weighted by Gasteiger charge is 2.20. The molecule has 0 atom stereocenters. The maximum absolute atomic E-state index is 12.7. The van der Waals surface area contributed by atoms with Gasteiger partial charge in [0.05, 0.1) is 0 Å². The number of rotatable bonds is 5. The first kappa shape index (κ1) is 15.4. The summed E-state index contributed by atoms with van der Waals surface area (Å²) in [5.41, 5.74) is 0.697. The number of halogens is 1. The van der Waals surface area contributed by atoms with Crippen molar-refractivity contribution in [2.24, 2.45) is 0 Å². The first-order valence-electron chi connectivity index (χ1n) is 6.20. The van der Waals surface area contributed by atoms with Crippen LogP contribution < -0.4 is 5.32 Å². The Labute approximate surface area is 114 Å². The van der Waals surface area contributed by atoms with Gasteiger partial charge in [0.1, 0.15) is 5.82 Å². The van der Waals surface area contributed by atoms with Crippen LogP contribution in [0.25, 0.3) is 6.08 Å². The molecule has 1 rings (SSSR count). The Bertz CT molecular complexity index is 450. The molecule has 0 saturated heterocycles. The number of nitrogens with one attached hydrogen (secondary N) is 1. The van der Waals surface area contributed by atoms with Crippen LogP contribution in [0.5, 0.6) is 0 Å². The van der Waals surface area contributed by atoms with Gasteiger partial charge in [-0.05, 0) is 51.7 Å². The van der Waals surface area contributed by atoms with E-state index in [0.717, 1.165) is 5.56 Å². The third-order valence-corrected chi connectivity index (χ3v) is 3.20. The van der Waals surface area contributed by atoms with E-state index in [1.54, 1.807) is 18.2 Å². The number of carbonyl (C=O) groups is 1. The van der Waals surface area contributed by atoms with Crippen molar-refractivity contribution in [3.63, 3.8) is 0 Å². The number of nitrogens with zero attached hydrogens (tertiary/aromatic N) is 1. The quantitative estimate of drug-likeness (QED) is 0.828. The molecule has 0 spiro atoms. The zero-order chi connectivity index (χ0) is 14.5. The molecule has 4 heteroatoms. The van der Waals surface area contributed by atoms with Crippen LogP contribution in [-0.2, 0) is 4.79 Å². The molecule has 1 aromatic rings. The lowest BCUT2D eigenvalue weighted by molar-refractivity contribution is -0.116. The molecule has 1 N–H and O–H groups in total. The van der Waals surface area contributed by atoms with Gasteiger partial charge in [0.2, 0.25) is 5.91 Å². The van der Waals surface area contributed by atoms with E-state index in [1.807, 2.05) is 14.1 Å². The lowest BCUT2D eigenvalue weighted by atomic mass is 10.0. The van der Waals surface area contributed by atoms with E-state index in [-0.39, 0.29) is 17.3 Å². The monoisotopic (exact) mass is 264 g/mol. The molecule has 0 bridgehead atoms. The zero-order valence-electron chi connectivity index (χ0n) is 11.9.